The number of hydrogen-bond donors (Lipinski definition) is 1. The van der Waals surface area contributed by atoms with Gasteiger partial charge in [0.1, 0.15) is 6.61 Å². The number of para-hydroxylation sites is 2. The molecule has 3 rings (SSSR count). The molecule has 1 saturated heterocycles. The lowest BCUT2D eigenvalue weighted by Gasteiger charge is -2.38. The molecule has 0 unspecified atom stereocenters. The summed E-state index contributed by atoms with van der Waals surface area (Å²) in [5.41, 5.74) is 5.77. The van der Waals surface area contributed by atoms with Crippen molar-refractivity contribution in [2.75, 3.05) is 19.7 Å². The second-order valence-corrected chi connectivity index (χ2v) is 5.28. The first kappa shape index (κ1) is 13.2. The molecule has 0 saturated carbocycles. The molecule has 2 aliphatic rings. The fourth-order valence-corrected chi connectivity index (χ4v) is 2.86. The molecule has 2 N–H and O–H groups in total. The summed E-state index contributed by atoms with van der Waals surface area (Å²) < 4.78 is 11.4. The minimum Gasteiger partial charge on any atom is -0.485 e. The Morgan fingerprint density at radius 2 is 2.10 bits per heavy atom. The number of hydrogen-bond acceptors (Lipinski definition) is 4. The van der Waals surface area contributed by atoms with Crippen molar-refractivity contribution < 1.29 is 14.3 Å². The van der Waals surface area contributed by atoms with E-state index in [-0.39, 0.29) is 18.6 Å². The zero-order valence-electron chi connectivity index (χ0n) is 11.5. The summed E-state index contributed by atoms with van der Waals surface area (Å²) in [4.78, 5) is 14.5. The van der Waals surface area contributed by atoms with Gasteiger partial charge in [0.25, 0.3) is 5.91 Å². The lowest BCUT2D eigenvalue weighted by Crippen LogP contribution is -2.54. The maximum atomic E-state index is 12.6. The molecule has 0 aliphatic carbocycles. The average molecular weight is 276 g/mol. The third-order valence-corrected chi connectivity index (χ3v) is 3.97. The van der Waals surface area contributed by atoms with Crippen LogP contribution in [0.5, 0.6) is 11.5 Å². The molecule has 1 aromatic rings. The van der Waals surface area contributed by atoms with E-state index in [2.05, 4.69) is 0 Å². The highest BCUT2D eigenvalue weighted by Crippen LogP contribution is 2.31. The predicted molar refractivity (Wildman–Crippen MR) is 74.8 cm³/mol. The van der Waals surface area contributed by atoms with Gasteiger partial charge in [0, 0.05) is 19.1 Å². The maximum Gasteiger partial charge on any atom is 0.267 e. The van der Waals surface area contributed by atoms with E-state index in [4.69, 9.17) is 15.2 Å². The van der Waals surface area contributed by atoms with Crippen LogP contribution in [0.25, 0.3) is 0 Å². The molecule has 1 aromatic carbocycles. The van der Waals surface area contributed by atoms with E-state index in [0.717, 1.165) is 25.8 Å². The number of benzene rings is 1. The van der Waals surface area contributed by atoms with Crippen LogP contribution in [-0.2, 0) is 4.79 Å². The van der Waals surface area contributed by atoms with Crippen LogP contribution < -0.4 is 15.2 Å². The van der Waals surface area contributed by atoms with E-state index in [0.29, 0.717) is 18.0 Å². The second kappa shape index (κ2) is 5.71. The highest BCUT2D eigenvalue weighted by atomic mass is 16.6. The van der Waals surface area contributed by atoms with Crippen molar-refractivity contribution in [3.8, 4) is 11.5 Å². The number of fused-ring (bicyclic) bond motifs is 1. The van der Waals surface area contributed by atoms with E-state index in [1.807, 2.05) is 29.2 Å². The minimum absolute atomic E-state index is 0.00495. The molecule has 2 atom stereocenters. The van der Waals surface area contributed by atoms with Crippen LogP contribution in [0.3, 0.4) is 0 Å². The topological polar surface area (TPSA) is 64.8 Å². The van der Waals surface area contributed by atoms with Gasteiger partial charge in [-0.2, -0.15) is 0 Å². The molecule has 1 fully saturated rings. The highest BCUT2D eigenvalue weighted by molar-refractivity contribution is 5.82. The summed E-state index contributed by atoms with van der Waals surface area (Å²) >= 11 is 0. The number of piperidine rings is 1. The number of carbonyl (C=O) groups is 1. The summed E-state index contributed by atoms with van der Waals surface area (Å²) in [5.74, 6) is 1.33. The number of nitrogens with two attached hydrogens (primary N) is 1. The van der Waals surface area contributed by atoms with Crippen LogP contribution in [0.1, 0.15) is 19.3 Å². The number of carbonyl (C=O) groups excluding carboxylic acids is 1. The first-order valence-corrected chi connectivity index (χ1v) is 7.18. The Morgan fingerprint density at radius 3 is 2.90 bits per heavy atom. The molecular weight excluding hydrogens is 256 g/mol. The molecule has 0 bridgehead atoms. The summed E-state index contributed by atoms with van der Waals surface area (Å²) in [6, 6.07) is 7.57. The Kier molecular flexibility index (Phi) is 3.78. The van der Waals surface area contributed by atoms with E-state index >= 15 is 0 Å². The van der Waals surface area contributed by atoms with E-state index in [1.165, 1.54) is 0 Å². The monoisotopic (exact) mass is 276 g/mol. The van der Waals surface area contributed by atoms with Crippen molar-refractivity contribution in [2.45, 2.75) is 31.4 Å². The third kappa shape index (κ3) is 2.45. The lowest BCUT2D eigenvalue weighted by atomic mass is 10.0. The van der Waals surface area contributed by atoms with Gasteiger partial charge in [-0.1, -0.05) is 12.1 Å². The van der Waals surface area contributed by atoms with Gasteiger partial charge in [0.15, 0.2) is 11.5 Å². The number of likely N-dealkylation sites (tertiary alicyclic amines) is 1. The first-order valence-electron chi connectivity index (χ1n) is 7.18. The largest absolute Gasteiger partial charge is 0.485 e. The minimum atomic E-state index is -0.558. The summed E-state index contributed by atoms with van der Waals surface area (Å²) in [7, 11) is 0. The number of nitrogens with zero attached hydrogens (tertiary/aromatic N) is 1. The fourth-order valence-electron chi connectivity index (χ4n) is 2.86. The molecule has 0 spiro atoms. The van der Waals surface area contributed by atoms with Crippen LogP contribution in [0, 0.1) is 0 Å². The van der Waals surface area contributed by atoms with E-state index in [9.17, 15) is 4.79 Å². The maximum absolute atomic E-state index is 12.6. The normalized spacial score (nSPS) is 25.4. The van der Waals surface area contributed by atoms with Gasteiger partial charge >= 0.3 is 0 Å². The van der Waals surface area contributed by atoms with Crippen LogP contribution in [0.2, 0.25) is 0 Å². The molecule has 2 aliphatic heterocycles. The van der Waals surface area contributed by atoms with Gasteiger partial charge in [0.05, 0.1) is 0 Å². The molecule has 20 heavy (non-hydrogen) atoms. The van der Waals surface area contributed by atoms with E-state index in [1.54, 1.807) is 0 Å². The lowest BCUT2D eigenvalue weighted by molar-refractivity contribution is -0.144. The Hall–Kier alpha value is -1.75. The zero-order chi connectivity index (χ0) is 13.9. The van der Waals surface area contributed by atoms with Gasteiger partial charge in [-0.05, 0) is 31.4 Å². The smallest absolute Gasteiger partial charge is 0.267 e. The number of rotatable bonds is 2. The molecule has 0 radical (unpaired) electrons. The van der Waals surface area contributed by atoms with E-state index < -0.39 is 6.10 Å². The number of amides is 1. The predicted octanol–water partition coefficient (Wildman–Crippen LogP) is 1.17. The summed E-state index contributed by atoms with van der Waals surface area (Å²) in [6.07, 6.45) is 2.59. The zero-order valence-corrected chi connectivity index (χ0v) is 11.5. The molecule has 1 amide bonds. The fraction of sp³-hybridized carbons (Fsp3) is 0.533. The summed E-state index contributed by atoms with van der Waals surface area (Å²) in [5, 5.41) is 0. The molecular formula is C15H20N2O3. The molecule has 2 heterocycles. The van der Waals surface area contributed by atoms with Crippen LogP contribution in [0.15, 0.2) is 24.3 Å². The first-order chi connectivity index (χ1) is 9.79. The number of ether oxygens (including phenoxy) is 2. The summed E-state index contributed by atoms with van der Waals surface area (Å²) in [6.45, 7) is 1.54. The Balaban J connectivity index is 1.72. The standard InChI is InChI=1S/C15H20N2O3/c16-9-11-5-3-4-8-17(11)15(18)14-10-19-12-6-1-2-7-13(12)20-14/h1-2,6-7,11,14H,3-5,8-10,16H2/t11-,14+/m0/s1. The second-order valence-electron chi connectivity index (χ2n) is 5.28. The quantitative estimate of drug-likeness (QED) is 0.880. The van der Waals surface area contributed by atoms with Crippen molar-refractivity contribution in [2.24, 2.45) is 5.73 Å². The van der Waals surface area contributed by atoms with Crippen molar-refractivity contribution in [3.63, 3.8) is 0 Å². The SMILES string of the molecule is NC[C@@H]1CCCCN1C(=O)[C@H]1COc2ccccc2O1. The van der Waals surface area contributed by atoms with Gasteiger partial charge in [0.2, 0.25) is 6.10 Å². The average Bonchev–Trinajstić information content (AvgIpc) is 2.53. The molecule has 0 aromatic heterocycles. The third-order valence-electron chi connectivity index (χ3n) is 3.97. The Labute approximate surface area is 118 Å². The van der Waals surface area contributed by atoms with Crippen molar-refractivity contribution in [1.82, 2.24) is 4.90 Å². The van der Waals surface area contributed by atoms with Gasteiger partial charge in [-0.15, -0.1) is 0 Å². The van der Waals surface area contributed by atoms with Crippen LogP contribution in [-0.4, -0.2) is 42.6 Å². The van der Waals surface area contributed by atoms with Gasteiger partial charge < -0.3 is 20.1 Å². The Morgan fingerprint density at radius 1 is 1.30 bits per heavy atom. The molecule has 5 heteroatoms. The Bertz CT molecular complexity index is 492. The molecule has 5 nitrogen and oxygen atoms in total. The van der Waals surface area contributed by atoms with Gasteiger partial charge in [-0.25, -0.2) is 0 Å². The van der Waals surface area contributed by atoms with Crippen molar-refractivity contribution >= 4 is 5.91 Å². The van der Waals surface area contributed by atoms with Crippen LogP contribution in [0.4, 0.5) is 0 Å². The van der Waals surface area contributed by atoms with Crippen molar-refractivity contribution in [3.05, 3.63) is 24.3 Å². The molecule has 108 valence electrons. The van der Waals surface area contributed by atoms with Crippen LogP contribution >= 0.6 is 0 Å². The van der Waals surface area contributed by atoms with Gasteiger partial charge in [-0.3, -0.25) is 4.79 Å². The highest BCUT2D eigenvalue weighted by Gasteiger charge is 2.34. The van der Waals surface area contributed by atoms with Crippen molar-refractivity contribution in [1.29, 1.82) is 0 Å².